The Balaban J connectivity index is 1.34. The van der Waals surface area contributed by atoms with Gasteiger partial charge in [0, 0.05) is 17.1 Å². The van der Waals surface area contributed by atoms with Crippen molar-refractivity contribution in [3.63, 3.8) is 0 Å². The van der Waals surface area contributed by atoms with Gasteiger partial charge in [0.2, 0.25) is 10.0 Å². The van der Waals surface area contributed by atoms with Crippen molar-refractivity contribution >= 4 is 21.6 Å². The van der Waals surface area contributed by atoms with Gasteiger partial charge in [-0.1, -0.05) is 28.9 Å². The number of rotatable bonds is 8. The molecule has 2 N–H and O–H groups in total. The van der Waals surface area contributed by atoms with Gasteiger partial charge in [-0.3, -0.25) is 4.68 Å². The smallest absolute Gasteiger partial charge is 0.240 e. The number of ether oxygens (including phenoxy) is 1. The molecule has 0 unspecified atom stereocenters. The van der Waals surface area contributed by atoms with Crippen LogP contribution in [0.2, 0.25) is 5.02 Å². The first-order valence-corrected chi connectivity index (χ1v) is 12.4. The van der Waals surface area contributed by atoms with Crippen molar-refractivity contribution < 1.29 is 22.7 Å². The van der Waals surface area contributed by atoms with Crippen LogP contribution in [0.25, 0.3) is 11.3 Å². The van der Waals surface area contributed by atoms with E-state index in [9.17, 15) is 17.9 Å². The Morgan fingerprint density at radius 1 is 1.18 bits per heavy atom. The maximum absolute atomic E-state index is 13.9. The monoisotopic (exact) mass is 494 g/mol. The van der Waals surface area contributed by atoms with E-state index in [0.29, 0.717) is 42.1 Å². The van der Waals surface area contributed by atoms with Crippen LogP contribution in [-0.2, 0) is 21.3 Å². The number of nitrogens with zero attached hydrogens (tertiary/aromatic N) is 3. The lowest BCUT2D eigenvalue weighted by Crippen LogP contribution is -2.50. The number of halogens is 2. The number of aromatic nitrogens is 3. The highest BCUT2D eigenvalue weighted by Gasteiger charge is 2.34. The van der Waals surface area contributed by atoms with E-state index in [2.05, 4.69) is 15.0 Å². The van der Waals surface area contributed by atoms with E-state index in [1.54, 1.807) is 29.1 Å². The predicted octanol–water partition coefficient (Wildman–Crippen LogP) is 3.01. The molecule has 8 nitrogen and oxygen atoms in total. The lowest BCUT2D eigenvalue weighted by atomic mass is 9.98. The molecule has 4 rings (SSSR count). The molecule has 3 aromatic rings. The van der Waals surface area contributed by atoms with Crippen LogP contribution in [0.1, 0.15) is 19.3 Å². The maximum atomic E-state index is 13.9. The van der Waals surface area contributed by atoms with Crippen LogP contribution in [-0.4, -0.2) is 53.4 Å². The summed E-state index contributed by atoms with van der Waals surface area (Å²) in [6.07, 6.45) is 2.54. The molecule has 0 amide bonds. The van der Waals surface area contributed by atoms with E-state index in [1.807, 2.05) is 0 Å². The van der Waals surface area contributed by atoms with Crippen LogP contribution in [0.4, 0.5) is 4.39 Å². The summed E-state index contributed by atoms with van der Waals surface area (Å²) in [7, 11) is -3.77. The topological polar surface area (TPSA) is 106 Å². The number of sulfonamides is 1. The summed E-state index contributed by atoms with van der Waals surface area (Å²) in [4.78, 5) is 0.0996. The van der Waals surface area contributed by atoms with Crippen molar-refractivity contribution in [2.75, 3.05) is 6.61 Å². The van der Waals surface area contributed by atoms with E-state index in [-0.39, 0.29) is 23.4 Å². The van der Waals surface area contributed by atoms with Gasteiger partial charge in [-0.05, 0) is 55.7 Å². The molecule has 11 heteroatoms. The summed E-state index contributed by atoms with van der Waals surface area (Å²) in [5.74, 6) is -0.363. The first-order valence-electron chi connectivity index (χ1n) is 10.5. The van der Waals surface area contributed by atoms with Gasteiger partial charge in [0.15, 0.2) is 0 Å². The lowest BCUT2D eigenvalue weighted by Gasteiger charge is -2.36. The molecule has 0 aliphatic carbocycles. The molecule has 1 fully saturated rings. The average molecular weight is 495 g/mol. The molecule has 0 spiro atoms. The first-order chi connectivity index (χ1) is 15.9. The Morgan fingerprint density at radius 2 is 1.94 bits per heavy atom. The average Bonchev–Trinajstić information content (AvgIpc) is 3.27. The van der Waals surface area contributed by atoms with Crippen molar-refractivity contribution in [3.8, 4) is 11.3 Å². The minimum atomic E-state index is -3.77. The van der Waals surface area contributed by atoms with Gasteiger partial charge < -0.3 is 9.84 Å². The Labute approximate surface area is 196 Å². The molecule has 2 aromatic carbocycles. The maximum Gasteiger partial charge on any atom is 0.240 e. The summed E-state index contributed by atoms with van der Waals surface area (Å²) < 4.78 is 49.5. The number of hydrogen-bond acceptors (Lipinski definition) is 6. The number of nitrogens with one attached hydrogen (secondary N) is 1. The zero-order valence-electron chi connectivity index (χ0n) is 17.6. The quantitative estimate of drug-likeness (QED) is 0.498. The molecule has 1 saturated heterocycles. The normalized spacial score (nSPS) is 21.2. The van der Waals surface area contributed by atoms with Gasteiger partial charge in [0.1, 0.15) is 11.5 Å². The van der Waals surface area contributed by atoms with Gasteiger partial charge in [-0.2, -0.15) is 0 Å². The van der Waals surface area contributed by atoms with Crippen molar-refractivity contribution in [2.24, 2.45) is 0 Å². The molecule has 0 bridgehead atoms. The second-order valence-electron chi connectivity index (χ2n) is 7.87. The number of benzene rings is 2. The highest BCUT2D eigenvalue weighted by Crippen LogP contribution is 2.25. The molecule has 0 saturated carbocycles. The minimum absolute atomic E-state index is 0.0996. The summed E-state index contributed by atoms with van der Waals surface area (Å²) >= 11 is 5.83. The van der Waals surface area contributed by atoms with Crippen molar-refractivity contribution in [3.05, 3.63) is 65.6 Å². The first kappa shape index (κ1) is 23.8. The van der Waals surface area contributed by atoms with E-state index in [4.69, 9.17) is 16.3 Å². The molecule has 2 heterocycles. The second kappa shape index (κ2) is 10.3. The Morgan fingerprint density at radius 3 is 2.67 bits per heavy atom. The van der Waals surface area contributed by atoms with E-state index >= 15 is 0 Å². The third kappa shape index (κ3) is 5.77. The zero-order valence-corrected chi connectivity index (χ0v) is 19.2. The van der Waals surface area contributed by atoms with Crippen LogP contribution in [0.15, 0.2) is 59.6 Å². The summed E-state index contributed by atoms with van der Waals surface area (Å²) in [6, 6.07) is 11.7. The van der Waals surface area contributed by atoms with Gasteiger partial charge in [0.05, 0.1) is 35.9 Å². The Bertz CT molecular complexity index is 1190. The van der Waals surface area contributed by atoms with Crippen LogP contribution >= 0.6 is 11.6 Å². The molecule has 1 aromatic heterocycles. The molecular formula is C22H24ClFN4O4S. The lowest BCUT2D eigenvalue weighted by molar-refractivity contribution is -0.0891. The van der Waals surface area contributed by atoms with Crippen LogP contribution in [0.5, 0.6) is 0 Å². The number of aliphatic hydroxyl groups excluding tert-OH is 1. The fourth-order valence-corrected chi connectivity index (χ4v) is 5.26. The highest BCUT2D eigenvalue weighted by molar-refractivity contribution is 7.89. The van der Waals surface area contributed by atoms with Crippen molar-refractivity contribution in [1.82, 2.24) is 19.7 Å². The van der Waals surface area contributed by atoms with Gasteiger partial charge in [0.25, 0.3) is 0 Å². The fraction of sp³-hybridized carbons (Fsp3) is 0.364. The van der Waals surface area contributed by atoms with Gasteiger partial charge in [-0.15, -0.1) is 5.10 Å². The zero-order chi connectivity index (χ0) is 23.4. The van der Waals surface area contributed by atoms with E-state index in [1.165, 1.54) is 30.3 Å². The standard InChI is InChI=1S/C22H24ClFN4O4S/c23-15-5-8-17(9-6-15)33(30,31)26-20-10-7-16(32-22(20)14-29)11-12-28-13-21(25-27-28)18-3-1-2-4-19(18)24/h1-6,8-9,13,16,20,22,26,29H,7,10-12,14H2/t16-,20+,22+/m0/s1. The van der Waals surface area contributed by atoms with Crippen LogP contribution in [0, 0.1) is 5.82 Å². The Kier molecular flexibility index (Phi) is 7.40. The van der Waals surface area contributed by atoms with E-state index < -0.39 is 22.2 Å². The van der Waals surface area contributed by atoms with Crippen molar-refractivity contribution in [1.29, 1.82) is 0 Å². The minimum Gasteiger partial charge on any atom is -0.394 e. The summed E-state index contributed by atoms with van der Waals surface area (Å²) in [5.41, 5.74) is 0.830. The third-order valence-corrected chi connectivity index (χ3v) is 7.35. The molecule has 3 atom stereocenters. The molecular weight excluding hydrogens is 471 g/mol. The Hall–Kier alpha value is -2.37. The SMILES string of the molecule is O=S(=O)(N[C@@H]1CC[C@@H](CCn2cc(-c3ccccc3F)nn2)O[C@@H]1CO)c1ccc(Cl)cc1. The number of aliphatic hydroxyl groups is 1. The number of hydrogen-bond donors (Lipinski definition) is 2. The second-order valence-corrected chi connectivity index (χ2v) is 10.0. The summed E-state index contributed by atoms with van der Waals surface area (Å²) in [5, 5.41) is 18.3. The molecule has 1 aliphatic heterocycles. The molecule has 0 radical (unpaired) electrons. The van der Waals surface area contributed by atoms with Gasteiger partial charge in [-0.25, -0.2) is 17.5 Å². The van der Waals surface area contributed by atoms with Crippen molar-refractivity contribution in [2.45, 2.75) is 49.0 Å². The summed E-state index contributed by atoms with van der Waals surface area (Å²) in [6.45, 7) is 0.177. The van der Waals surface area contributed by atoms with Crippen LogP contribution < -0.4 is 4.72 Å². The van der Waals surface area contributed by atoms with Gasteiger partial charge >= 0.3 is 0 Å². The molecule has 1 aliphatic rings. The largest absolute Gasteiger partial charge is 0.394 e. The highest BCUT2D eigenvalue weighted by atomic mass is 35.5. The van der Waals surface area contributed by atoms with Crippen LogP contribution in [0.3, 0.4) is 0 Å². The third-order valence-electron chi connectivity index (χ3n) is 5.59. The van der Waals surface area contributed by atoms with E-state index in [0.717, 1.165) is 0 Å². The molecule has 33 heavy (non-hydrogen) atoms. The number of aryl methyl sites for hydroxylation is 1. The fourth-order valence-electron chi connectivity index (χ4n) is 3.84. The predicted molar refractivity (Wildman–Crippen MR) is 121 cm³/mol. The molecule has 176 valence electrons.